The smallest absolute Gasteiger partial charge is 0.225 e. The van der Waals surface area contributed by atoms with E-state index < -0.39 is 11.7 Å². The van der Waals surface area contributed by atoms with Crippen LogP contribution in [0.15, 0.2) is 24.3 Å². The van der Waals surface area contributed by atoms with Gasteiger partial charge in [-0.3, -0.25) is 14.9 Å². The van der Waals surface area contributed by atoms with Crippen LogP contribution >= 0.6 is 11.8 Å². The molecule has 1 aliphatic rings. The lowest BCUT2D eigenvalue weighted by atomic mass is 10.1. The Labute approximate surface area is 114 Å². The van der Waals surface area contributed by atoms with E-state index in [-0.39, 0.29) is 29.6 Å². The number of hydrogen-bond acceptors (Lipinski definition) is 6. The zero-order chi connectivity index (χ0) is 13.8. The van der Waals surface area contributed by atoms with Crippen molar-refractivity contribution < 1.29 is 19.8 Å². The van der Waals surface area contributed by atoms with Gasteiger partial charge in [0, 0.05) is 5.56 Å². The Bertz CT molecular complexity index is 477. The molecule has 2 rings (SSSR count). The molecule has 4 N–H and O–H groups in total. The van der Waals surface area contributed by atoms with Gasteiger partial charge in [0.1, 0.15) is 17.5 Å². The maximum atomic E-state index is 11.9. The molecule has 0 aliphatic carbocycles. The average molecular weight is 282 g/mol. The van der Waals surface area contributed by atoms with Gasteiger partial charge < -0.3 is 15.5 Å². The first-order valence-corrected chi connectivity index (χ1v) is 6.77. The van der Waals surface area contributed by atoms with Crippen molar-refractivity contribution in [3.63, 3.8) is 0 Å². The van der Waals surface area contributed by atoms with Gasteiger partial charge in [-0.1, -0.05) is 0 Å². The highest BCUT2D eigenvalue weighted by molar-refractivity contribution is 8.00. The van der Waals surface area contributed by atoms with Gasteiger partial charge in [0.15, 0.2) is 5.78 Å². The topological polar surface area (TPSA) is 98.7 Å². The highest BCUT2D eigenvalue weighted by Crippen LogP contribution is 2.15. The zero-order valence-corrected chi connectivity index (χ0v) is 10.8. The Hall–Kier alpha value is -1.57. The second-order valence-electron chi connectivity index (χ2n) is 4.12. The zero-order valence-electron chi connectivity index (χ0n) is 10.00. The summed E-state index contributed by atoms with van der Waals surface area (Å²) in [6, 6.07) is 5.98. The summed E-state index contributed by atoms with van der Waals surface area (Å²) in [6.07, 6.45) is -0.863. The van der Waals surface area contributed by atoms with E-state index >= 15 is 0 Å². The lowest BCUT2D eigenvalue weighted by Crippen LogP contribution is -2.54. The Morgan fingerprint density at radius 1 is 1.37 bits per heavy atom. The molecule has 2 unspecified atom stereocenters. The normalized spacial score (nSPS) is 22.9. The monoisotopic (exact) mass is 282 g/mol. The quantitative estimate of drug-likeness (QED) is 0.581. The van der Waals surface area contributed by atoms with Gasteiger partial charge >= 0.3 is 0 Å². The van der Waals surface area contributed by atoms with Crippen LogP contribution in [0.3, 0.4) is 0 Å². The summed E-state index contributed by atoms with van der Waals surface area (Å²) >= 11 is 1.20. The number of aliphatic hydroxyl groups is 1. The van der Waals surface area contributed by atoms with Gasteiger partial charge in [-0.25, -0.2) is 0 Å². The average Bonchev–Trinajstić information content (AvgIpc) is 2.36. The SMILES string of the molecule is O=C1CC(O)NC(SCC(=O)c2ccc(O)cc2)N1. The number of carbonyl (C=O) groups excluding carboxylic acids is 2. The summed E-state index contributed by atoms with van der Waals surface area (Å²) in [4.78, 5) is 23.1. The fourth-order valence-corrected chi connectivity index (χ4v) is 2.59. The third-order valence-corrected chi connectivity index (χ3v) is 3.60. The van der Waals surface area contributed by atoms with E-state index in [9.17, 15) is 14.7 Å². The maximum absolute atomic E-state index is 11.9. The minimum atomic E-state index is -0.880. The van der Waals surface area contributed by atoms with Gasteiger partial charge in [0.25, 0.3) is 0 Å². The van der Waals surface area contributed by atoms with E-state index in [1.807, 2.05) is 0 Å². The van der Waals surface area contributed by atoms with Gasteiger partial charge in [-0.2, -0.15) is 0 Å². The molecule has 19 heavy (non-hydrogen) atoms. The number of phenolic OH excluding ortho intramolecular Hbond substituents is 1. The van der Waals surface area contributed by atoms with Crippen LogP contribution in [-0.4, -0.2) is 39.4 Å². The predicted molar refractivity (Wildman–Crippen MR) is 70.6 cm³/mol. The molecule has 1 fully saturated rings. The number of hydrogen-bond donors (Lipinski definition) is 4. The first-order valence-electron chi connectivity index (χ1n) is 5.72. The van der Waals surface area contributed by atoms with Crippen molar-refractivity contribution >= 4 is 23.5 Å². The standard InChI is InChI=1S/C12H14N2O4S/c15-8-3-1-7(2-4-8)9(16)6-19-12-13-10(17)5-11(18)14-12/h1-4,10,12-13,15,17H,5-6H2,(H,14,18). The Morgan fingerprint density at radius 2 is 2.05 bits per heavy atom. The molecule has 6 nitrogen and oxygen atoms in total. The first-order chi connectivity index (χ1) is 9.04. The summed E-state index contributed by atoms with van der Waals surface area (Å²) in [5.41, 5.74) is 0.0188. The van der Waals surface area contributed by atoms with Crippen LogP contribution in [0.25, 0.3) is 0 Å². The molecule has 1 aromatic rings. The second kappa shape index (κ2) is 6.05. The van der Waals surface area contributed by atoms with Gasteiger partial charge in [0.2, 0.25) is 5.91 Å². The Balaban J connectivity index is 1.86. The number of benzene rings is 1. The molecule has 0 bridgehead atoms. The van der Waals surface area contributed by atoms with E-state index in [1.165, 1.54) is 23.9 Å². The molecule has 1 heterocycles. The van der Waals surface area contributed by atoms with Crippen LogP contribution in [0.5, 0.6) is 5.75 Å². The molecule has 1 aromatic carbocycles. The number of aromatic hydroxyl groups is 1. The van der Waals surface area contributed by atoms with Crippen molar-refractivity contribution in [1.82, 2.24) is 10.6 Å². The van der Waals surface area contributed by atoms with Crippen LogP contribution in [0, 0.1) is 0 Å². The third-order valence-electron chi connectivity index (χ3n) is 2.58. The molecule has 7 heteroatoms. The van der Waals surface area contributed by atoms with E-state index in [1.54, 1.807) is 12.1 Å². The van der Waals surface area contributed by atoms with Gasteiger partial charge in [0.05, 0.1) is 12.2 Å². The number of nitrogens with one attached hydrogen (secondary N) is 2. The Kier molecular flexibility index (Phi) is 4.41. The molecule has 0 aromatic heterocycles. The summed E-state index contributed by atoms with van der Waals surface area (Å²) in [5.74, 6) is -0.0920. The van der Waals surface area contributed by atoms with Gasteiger partial charge in [-0.05, 0) is 24.3 Å². The van der Waals surface area contributed by atoms with E-state index in [2.05, 4.69) is 10.6 Å². The number of aliphatic hydroxyl groups excluding tert-OH is 1. The lowest BCUT2D eigenvalue weighted by Gasteiger charge is -2.27. The molecule has 1 aliphatic heterocycles. The number of ketones is 1. The molecule has 1 saturated heterocycles. The van der Waals surface area contributed by atoms with E-state index in [4.69, 9.17) is 5.11 Å². The summed E-state index contributed by atoms with van der Waals surface area (Å²) in [6.45, 7) is 0. The minimum Gasteiger partial charge on any atom is -0.508 e. The largest absolute Gasteiger partial charge is 0.508 e. The van der Waals surface area contributed by atoms with Crippen molar-refractivity contribution in [3.8, 4) is 5.75 Å². The number of rotatable bonds is 4. The summed E-state index contributed by atoms with van der Waals surface area (Å²) in [7, 11) is 0. The van der Waals surface area contributed by atoms with Crippen LogP contribution in [-0.2, 0) is 4.79 Å². The first kappa shape index (κ1) is 13.9. The minimum absolute atomic E-state index is 0.0168. The number of thioether (sulfide) groups is 1. The molecule has 102 valence electrons. The van der Waals surface area contributed by atoms with Gasteiger partial charge in [-0.15, -0.1) is 11.8 Å². The van der Waals surface area contributed by atoms with E-state index in [0.29, 0.717) is 5.56 Å². The highest BCUT2D eigenvalue weighted by Gasteiger charge is 2.24. The number of Topliss-reactive ketones (excluding diaryl/α,β-unsaturated/α-hetero) is 1. The molecule has 1 amide bonds. The number of carbonyl (C=O) groups is 2. The molecule has 0 spiro atoms. The van der Waals surface area contributed by atoms with Crippen LogP contribution in [0.1, 0.15) is 16.8 Å². The Morgan fingerprint density at radius 3 is 2.68 bits per heavy atom. The summed E-state index contributed by atoms with van der Waals surface area (Å²) < 4.78 is 0. The van der Waals surface area contributed by atoms with Crippen LogP contribution in [0.2, 0.25) is 0 Å². The lowest BCUT2D eigenvalue weighted by molar-refractivity contribution is -0.126. The van der Waals surface area contributed by atoms with Crippen molar-refractivity contribution in [2.75, 3.05) is 5.75 Å². The fourth-order valence-electron chi connectivity index (χ4n) is 1.64. The predicted octanol–water partition coefficient (Wildman–Crippen LogP) is 0.0196. The van der Waals surface area contributed by atoms with Crippen molar-refractivity contribution in [1.29, 1.82) is 0 Å². The molecular formula is C12H14N2O4S. The van der Waals surface area contributed by atoms with E-state index in [0.717, 1.165) is 0 Å². The second-order valence-corrected chi connectivity index (χ2v) is 5.21. The molecule has 2 atom stereocenters. The van der Waals surface area contributed by atoms with Crippen molar-refractivity contribution in [2.45, 2.75) is 18.1 Å². The maximum Gasteiger partial charge on any atom is 0.225 e. The molecular weight excluding hydrogens is 268 g/mol. The van der Waals surface area contributed by atoms with Crippen molar-refractivity contribution in [2.24, 2.45) is 0 Å². The highest BCUT2D eigenvalue weighted by atomic mass is 32.2. The van der Waals surface area contributed by atoms with Crippen LogP contribution < -0.4 is 10.6 Å². The van der Waals surface area contributed by atoms with Crippen LogP contribution in [0.4, 0.5) is 0 Å². The molecule has 0 saturated carbocycles. The number of amides is 1. The number of phenols is 1. The molecule has 0 radical (unpaired) electrons. The van der Waals surface area contributed by atoms with Crippen molar-refractivity contribution in [3.05, 3.63) is 29.8 Å². The fraction of sp³-hybridized carbons (Fsp3) is 0.333. The third kappa shape index (κ3) is 3.95. The summed E-state index contributed by atoms with van der Waals surface area (Å²) in [5, 5.41) is 23.9.